The Hall–Kier alpha value is -2.54. The minimum atomic E-state index is -0.957. The van der Waals surface area contributed by atoms with Crippen molar-refractivity contribution in [2.24, 2.45) is 0 Å². The lowest BCUT2D eigenvalue weighted by atomic mass is 9.94. The fourth-order valence-corrected chi connectivity index (χ4v) is 5.77. The number of ether oxygens (including phenoxy) is 1. The summed E-state index contributed by atoms with van der Waals surface area (Å²) in [6.45, 7) is 4.66. The molecule has 0 radical (unpaired) electrons. The smallest absolute Gasteiger partial charge is 0.407 e. The molecule has 1 atom stereocenters. The molecule has 0 spiro atoms. The van der Waals surface area contributed by atoms with Crippen LogP contribution in [0, 0.1) is 0 Å². The number of carbonyl (C=O) groups excluding carboxylic acids is 1. The molecule has 0 bridgehead atoms. The minimum absolute atomic E-state index is 0.137. The third-order valence-corrected chi connectivity index (χ3v) is 7.37. The molecule has 2 heterocycles. The Kier molecular flexibility index (Phi) is 6.98. The number of nitrogens with zero attached hydrogens (tertiary/aromatic N) is 3. The maximum absolute atomic E-state index is 13.9. The molecule has 1 N–H and O–H groups in total. The zero-order chi connectivity index (χ0) is 23.7. The molecule has 2 amide bonds. The Labute approximate surface area is 199 Å². The first kappa shape index (κ1) is 23.6. The Morgan fingerprint density at radius 3 is 2.58 bits per heavy atom. The summed E-state index contributed by atoms with van der Waals surface area (Å²) in [7, 11) is 1.50. The highest BCUT2D eigenvalue weighted by molar-refractivity contribution is 6.37. The second-order valence-electron chi connectivity index (χ2n) is 9.36. The van der Waals surface area contributed by atoms with Gasteiger partial charge < -0.3 is 19.6 Å². The first-order valence-electron chi connectivity index (χ1n) is 11.8. The standard InChI is InChI=1S/C25H32ClN3O4/c1-15(2)29(17-10-7-13-28(14-17)25(31)32)24(30)22-23(33-3)20(26)19-12-6-11-18(21(19)27-22)16-8-4-5-9-16/h6,11-12,15-17H,4-5,7-10,13-14H2,1-3H3,(H,31,32)/t17-/m1/s1. The number of piperidine rings is 1. The molecule has 1 aromatic heterocycles. The summed E-state index contributed by atoms with van der Waals surface area (Å²) in [5.41, 5.74) is 2.09. The molecule has 4 rings (SSSR count). The number of likely N-dealkylation sites (tertiary alicyclic amines) is 1. The maximum Gasteiger partial charge on any atom is 0.407 e. The van der Waals surface area contributed by atoms with E-state index in [1.165, 1.54) is 24.9 Å². The van der Waals surface area contributed by atoms with E-state index in [1.54, 1.807) is 4.90 Å². The molecule has 1 aliphatic carbocycles. The Morgan fingerprint density at radius 1 is 1.21 bits per heavy atom. The summed E-state index contributed by atoms with van der Waals surface area (Å²) >= 11 is 6.78. The van der Waals surface area contributed by atoms with Gasteiger partial charge in [-0.15, -0.1) is 0 Å². The quantitative estimate of drug-likeness (QED) is 0.615. The zero-order valence-corrected chi connectivity index (χ0v) is 20.3. The lowest BCUT2D eigenvalue weighted by molar-refractivity contribution is 0.0442. The minimum Gasteiger partial charge on any atom is -0.493 e. The average molecular weight is 474 g/mol. The van der Waals surface area contributed by atoms with Crippen molar-refractivity contribution in [3.05, 3.63) is 34.5 Å². The van der Waals surface area contributed by atoms with E-state index in [9.17, 15) is 14.7 Å². The van der Waals surface area contributed by atoms with E-state index >= 15 is 0 Å². The van der Waals surface area contributed by atoms with E-state index in [1.807, 2.05) is 26.0 Å². The van der Waals surface area contributed by atoms with E-state index in [0.717, 1.165) is 35.7 Å². The van der Waals surface area contributed by atoms with Gasteiger partial charge in [-0.1, -0.05) is 42.6 Å². The van der Waals surface area contributed by atoms with Crippen LogP contribution in [0.15, 0.2) is 18.2 Å². The number of carboxylic acid groups (broad SMARTS) is 1. The van der Waals surface area contributed by atoms with Gasteiger partial charge in [0.1, 0.15) is 0 Å². The van der Waals surface area contributed by atoms with Gasteiger partial charge in [0.2, 0.25) is 0 Å². The van der Waals surface area contributed by atoms with Crippen molar-refractivity contribution in [1.29, 1.82) is 0 Å². The number of hydrogen-bond donors (Lipinski definition) is 1. The highest BCUT2D eigenvalue weighted by Crippen LogP contribution is 2.42. The lowest BCUT2D eigenvalue weighted by Crippen LogP contribution is -2.53. The molecule has 1 aromatic carbocycles. The fraction of sp³-hybridized carbons (Fsp3) is 0.560. The van der Waals surface area contributed by atoms with Crippen LogP contribution in [0.25, 0.3) is 10.9 Å². The summed E-state index contributed by atoms with van der Waals surface area (Å²) < 4.78 is 5.60. The summed E-state index contributed by atoms with van der Waals surface area (Å²) in [5, 5.41) is 10.7. The van der Waals surface area contributed by atoms with Crippen molar-refractivity contribution in [2.75, 3.05) is 20.2 Å². The third-order valence-electron chi connectivity index (χ3n) is 6.99. The largest absolute Gasteiger partial charge is 0.493 e. The number of amides is 2. The summed E-state index contributed by atoms with van der Waals surface area (Å²) in [6, 6.07) is 5.64. The van der Waals surface area contributed by atoms with Crippen molar-refractivity contribution >= 4 is 34.5 Å². The molecule has 1 aliphatic heterocycles. The van der Waals surface area contributed by atoms with Gasteiger partial charge in [-0.2, -0.15) is 0 Å². The van der Waals surface area contributed by atoms with Gasteiger partial charge in [-0.25, -0.2) is 9.78 Å². The number of methoxy groups -OCH3 is 1. The predicted octanol–water partition coefficient (Wildman–Crippen LogP) is 5.55. The molecule has 178 valence electrons. The molecule has 2 aliphatic rings. The number of carbonyl (C=O) groups is 2. The van der Waals surface area contributed by atoms with Crippen LogP contribution in [-0.4, -0.2) is 64.2 Å². The SMILES string of the molecule is COc1c(C(=O)N(C(C)C)[C@@H]2CCCN(C(=O)O)C2)nc2c(C3CCCC3)cccc2c1Cl. The molecule has 0 unspecified atom stereocenters. The van der Waals surface area contributed by atoms with Crippen LogP contribution in [0.2, 0.25) is 5.02 Å². The molecule has 7 nitrogen and oxygen atoms in total. The second kappa shape index (κ2) is 9.75. The van der Waals surface area contributed by atoms with Crippen LogP contribution in [0.1, 0.15) is 74.3 Å². The molecular weight excluding hydrogens is 442 g/mol. The van der Waals surface area contributed by atoms with Crippen molar-refractivity contribution in [1.82, 2.24) is 14.8 Å². The number of rotatable bonds is 5. The molecule has 33 heavy (non-hydrogen) atoms. The highest BCUT2D eigenvalue weighted by atomic mass is 35.5. The number of halogens is 1. The molecule has 2 aromatic rings. The fourth-order valence-electron chi connectivity index (χ4n) is 5.45. The van der Waals surface area contributed by atoms with Crippen LogP contribution in [-0.2, 0) is 0 Å². The zero-order valence-electron chi connectivity index (χ0n) is 19.5. The summed E-state index contributed by atoms with van der Waals surface area (Å²) in [6.07, 6.45) is 5.10. The van der Waals surface area contributed by atoms with Crippen LogP contribution >= 0.6 is 11.6 Å². The monoisotopic (exact) mass is 473 g/mol. The highest BCUT2D eigenvalue weighted by Gasteiger charge is 2.35. The number of fused-ring (bicyclic) bond motifs is 1. The lowest BCUT2D eigenvalue weighted by Gasteiger charge is -2.40. The average Bonchev–Trinajstić information content (AvgIpc) is 3.33. The summed E-state index contributed by atoms with van der Waals surface area (Å²) in [4.78, 5) is 33.5. The van der Waals surface area contributed by atoms with Crippen LogP contribution in [0.3, 0.4) is 0 Å². The predicted molar refractivity (Wildman–Crippen MR) is 128 cm³/mol. The summed E-state index contributed by atoms with van der Waals surface area (Å²) in [5.74, 6) is 0.413. The maximum atomic E-state index is 13.9. The molecule has 2 fully saturated rings. The Bertz CT molecular complexity index is 1050. The van der Waals surface area contributed by atoms with E-state index in [2.05, 4.69) is 6.07 Å². The van der Waals surface area contributed by atoms with Gasteiger partial charge in [0.25, 0.3) is 5.91 Å². The Balaban J connectivity index is 1.80. The normalized spacial score (nSPS) is 19.3. The van der Waals surface area contributed by atoms with Gasteiger partial charge in [0, 0.05) is 24.5 Å². The van der Waals surface area contributed by atoms with Gasteiger partial charge in [0.05, 0.1) is 23.7 Å². The van der Waals surface area contributed by atoms with Crippen LogP contribution < -0.4 is 4.74 Å². The molecule has 1 saturated heterocycles. The first-order chi connectivity index (χ1) is 15.8. The van der Waals surface area contributed by atoms with Crippen LogP contribution in [0.5, 0.6) is 5.75 Å². The second-order valence-corrected chi connectivity index (χ2v) is 9.74. The third kappa shape index (κ3) is 4.47. The van der Waals surface area contributed by atoms with Gasteiger partial charge in [-0.3, -0.25) is 4.79 Å². The van der Waals surface area contributed by atoms with Crippen molar-refractivity contribution in [3.63, 3.8) is 0 Å². The molecular formula is C25H32ClN3O4. The van der Waals surface area contributed by atoms with Crippen molar-refractivity contribution in [2.45, 2.75) is 70.4 Å². The van der Waals surface area contributed by atoms with E-state index in [-0.39, 0.29) is 36.0 Å². The molecule has 1 saturated carbocycles. The van der Waals surface area contributed by atoms with Gasteiger partial charge in [-0.05, 0) is 51.0 Å². The van der Waals surface area contributed by atoms with Crippen molar-refractivity contribution in [3.8, 4) is 5.75 Å². The van der Waals surface area contributed by atoms with E-state index in [4.69, 9.17) is 21.3 Å². The van der Waals surface area contributed by atoms with Crippen LogP contribution in [0.4, 0.5) is 4.79 Å². The van der Waals surface area contributed by atoms with Gasteiger partial charge in [0.15, 0.2) is 11.4 Å². The van der Waals surface area contributed by atoms with E-state index in [0.29, 0.717) is 23.9 Å². The number of para-hydroxylation sites is 1. The number of hydrogen-bond acceptors (Lipinski definition) is 4. The van der Waals surface area contributed by atoms with Gasteiger partial charge >= 0.3 is 6.09 Å². The van der Waals surface area contributed by atoms with E-state index < -0.39 is 6.09 Å². The molecule has 8 heteroatoms. The Morgan fingerprint density at radius 2 is 1.94 bits per heavy atom. The first-order valence-corrected chi connectivity index (χ1v) is 12.2. The van der Waals surface area contributed by atoms with Crippen molar-refractivity contribution < 1.29 is 19.4 Å². The number of benzene rings is 1. The topological polar surface area (TPSA) is 83.0 Å². The number of aromatic nitrogens is 1. The number of pyridine rings is 1.